The summed E-state index contributed by atoms with van der Waals surface area (Å²) in [6.45, 7) is 6.67. The number of aliphatic hydroxyl groups excluding tert-OH is 1. The summed E-state index contributed by atoms with van der Waals surface area (Å²) in [5.74, 6) is -0.397. The van der Waals surface area contributed by atoms with Crippen LogP contribution in [0.1, 0.15) is 46.5 Å². The van der Waals surface area contributed by atoms with E-state index in [1.165, 1.54) is 0 Å². The fourth-order valence-corrected chi connectivity index (χ4v) is 1.80. The van der Waals surface area contributed by atoms with E-state index in [9.17, 15) is 9.90 Å². The molecule has 96 valence electrons. The van der Waals surface area contributed by atoms with Gasteiger partial charge in [-0.1, -0.05) is 27.2 Å². The molecular formula is C12H25NO3. The minimum atomic E-state index is -0.829. The molecule has 0 aromatic heterocycles. The standard InChI is InChI=1S/C12H25NO3/c1-4-10(3)9-12(5-2,11(15)16)13-7-6-8-14/h10,13-14H,4-9H2,1-3H3,(H,15,16). The summed E-state index contributed by atoms with van der Waals surface area (Å²) < 4.78 is 0. The summed E-state index contributed by atoms with van der Waals surface area (Å²) in [5, 5.41) is 21.1. The molecule has 2 atom stereocenters. The molecule has 0 spiro atoms. The van der Waals surface area contributed by atoms with Gasteiger partial charge in [0.05, 0.1) is 0 Å². The average molecular weight is 231 g/mol. The monoisotopic (exact) mass is 231 g/mol. The fourth-order valence-electron chi connectivity index (χ4n) is 1.80. The molecule has 16 heavy (non-hydrogen) atoms. The van der Waals surface area contributed by atoms with Gasteiger partial charge in [0.2, 0.25) is 0 Å². The van der Waals surface area contributed by atoms with Crippen LogP contribution in [-0.4, -0.2) is 34.9 Å². The Morgan fingerprint density at radius 1 is 1.44 bits per heavy atom. The Kier molecular flexibility index (Phi) is 7.34. The van der Waals surface area contributed by atoms with Crippen LogP contribution in [0.25, 0.3) is 0 Å². The van der Waals surface area contributed by atoms with Crippen molar-refractivity contribution in [3.8, 4) is 0 Å². The van der Waals surface area contributed by atoms with Crippen LogP contribution < -0.4 is 5.32 Å². The lowest BCUT2D eigenvalue weighted by atomic mass is 9.84. The highest BCUT2D eigenvalue weighted by atomic mass is 16.4. The molecule has 3 N–H and O–H groups in total. The Balaban J connectivity index is 4.51. The average Bonchev–Trinajstić information content (AvgIpc) is 2.27. The van der Waals surface area contributed by atoms with Crippen LogP contribution in [0.15, 0.2) is 0 Å². The number of carboxylic acid groups (broad SMARTS) is 1. The Morgan fingerprint density at radius 3 is 2.44 bits per heavy atom. The number of nitrogens with one attached hydrogen (secondary N) is 1. The Labute approximate surface area is 98.1 Å². The van der Waals surface area contributed by atoms with Gasteiger partial charge in [0.15, 0.2) is 0 Å². The van der Waals surface area contributed by atoms with Crippen molar-refractivity contribution in [3.63, 3.8) is 0 Å². The van der Waals surface area contributed by atoms with Crippen LogP contribution >= 0.6 is 0 Å². The van der Waals surface area contributed by atoms with Gasteiger partial charge in [-0.25, -0.2) is 0 Å². The number of aliphatic hydroxyl groups is 1. The van der Waals surface area contributed by atoms with E-state index in [-0.39, 0.29) is 6.61 Å². The van der Waals surface area contributed by atoms with E-state index in [1.807, 2.05) is 6.92 Å². The number of carbonyl (C=O) groups is 1. The van der Waals surface area contributed by atoms with E-state index in [0.29, 0.717) is 31.7 Å². The summed E-state index contributed by atoms with van der Waals surface area (Å²) in [7, 11) is 0. The zero-order valence-corrected chi connectivity index (χ0v) is 10.6. The highest BCUT2D eigenvalue weighted by Gasteiger charge is 2.36. The molecule has 0 saturated heterocycles. The highest BCUT2D eigenvalue weighted by molar-refractivity contribution is 5.78. The number of aliphatic carboxylic acids is 1. The van der Waals surface area contributed by atoms with Crippen molar-refractivity contribution < 1.29 is 15.0 Å². The van der Waals surface area contributed by atoms with Gasteiger partial charge in [-0.3, -0.25) is 4.79 Å². The minimum Gasteiger partial charge on any atom is -0.480 e. The Morgan fingerprint density at radius 2 is 2.06 bits per heavy atom. The fraction of sp³-hybridized carbons (Fsp3) is 0.917. The van der Waals surface area contributed by atoms with Crippen molar-refractivity contribution in [2.75, 3.05) is 13.2 Å². The smallest absolute Gasteiger partial charge is 0.323 e. The summed E-state index contributed by atoms with van der Waals surface area (Å²) in [4.78, 5) is 11.4. The quantitative estimate of drug-likeness (QED) is 0.527. The molecule has 0 aliphatic rings. The van der Waals surface area contributed by atoms with Crippen molar-refractivity contribution in [2.45, 2.75) is 52.0 Å². The molecule has 0 aromatic carbocycles. The van der Waals surface area contributed by atoms with Crippen LogP contribution in [-0.2, 0) is 4.79 Å². The molecule has 0 heterocycles. The second-order valence-electron chi connectivity index (χ2n) is 4.46. The predicted molar refractivity (Wildman–Crippen MR) is 64.4 cm³/mol. The van der Waals surface area contributed by atoms with Gasteiger partial charge >= 0.3 is 5.97 Å². The van der Waals surface area contributed by atoms with E-state index in [1.54, 1.807) is 0 Å². The lowest BCUT2D eigenvalue weighted by Crippen LogP contribution is -2.53. The molecule has 0 rings (SSSR count). The van der Waals surface area contributed by atoms with Crippen LogP contribution in [0, 0.1) is 5.92 Å². The summed E-state index contributed by atoms with van der Waals surface area (Å²) >= 11 is 0. The van der Waals surface area contributed by atoms with E-state index in [2.05, 4.69) is 19.2 Å². The number of hydrogen-bond donors (Lipinski definition) is 3. The number of hydrogen-bond acceptors (Lipinski definition) is 3. The number of carboxylic acids is 1. The lowest BCUT2D eigenvalue weighted by Gasteiger charge is -2.32. The van der Waals surface area contributed by atoms with E-state index < -0.39 is 11.5 Å². The molecule has 0 fully saturated rings. The third-order valence-electron chi connectivity index (χ3n) is 3.21. The lowest BCUT2D eigenvalue weighted by molar-refractivity contribution is -0.146. The van der Waals surface area contributed by atoms with Crippen molar-refractivity contribution >= 4 is 5.97 Å². The molecule has 4 nitrogen and oxygen atoms in total. The maximum Gasteiger partial charge on any atom is 0.323 e. The predicted octanol–water partition coefficient (Wildman–Crippen LogP) is 1.63. The molecule has 0 saturated carbocycles. The van der Waals surface area contributed by atoms with Crippen molar-refractivity contribution in [2.24, 2.45) is 5.92 Å². The Bertz CT molecular complexity index is 208. The first-order valence-corrected chi connectivity index (χ1v) is 6.11. The molecule has 0 aromatic rings. The minimum absolute atomic E-state index is 0.0930. The molecule has 4 heteroatoms. The van der Waals surface area contributed by atoms with E-state index in [4.69, 9.17) is 5.11 Å². The first-order chi connectivity index (χ1) is 7.52. The van der Waals surface area contributed by atoms with Gasteiger partial charge in [0, 0.05) is 6.61 Å². The van der Waals surface area contributed by atoms with Crippen LogP contribution in [0.4, 0.5) is 0 Å². The Hall–Kier alpha value is -0.610. The maximum atomic E-state index is 11.4. The van der Waals surface area contributed by atoms with E-state index in [0.717, 1.165) is 6.42 Å². The second kappa shape index (κ2) is 7.63. The molecule has 0 bridgehead atoms. The largest absolute Gasteiger partial charge is 0.480 e. The zero-order chi connectivity index (χ0) is 12.6. The van der Waals surface area contributed by atoms with Gasteiger partial charge in [-0.05, 0) is 31.7 Å². The molecule has 0 aliphatic carbocycles. The molecule has 0 amide bonds. The SMILES string of the molecule is CCC(C)CC(CC)(NCCCO)C(=O)O. The summed E-state index contributed by atoms with van der Waals surface area (Å²) in [5.41, 5.74) is -0.829. The summed E-state index contributed by atoms with van der Waals surface area (Å²) in [6, 6.07) is 0. The summed E-state index contributed by atoms with van der Waals surface area (Å²) in [6.07, 6.45) is 2.78. The third-order valence-corrected chi connectivity index (χ3v) is 3.21. The highest BCUT2D eigenvalue weighted by Crippen LogP contribution is 2.23. The van der Waals surface area contributed by atoms with Crippen molar-refractivity contribution in [3.05, 3.63) is 0 Å². The van der Waals surface area contributed by atoms with Gasteiger partial charge in [0.25, 0.3) is 0 Å². The second-order valence-corrected chi connectivity index (χ2v) is 4.46. The van der Waals surface area contributed by atoms with Gasteiger partial charge in [0.1, 0.15) is 5.54 Å². The molecule has 0 radical (unpaired) electrons. The van der Waals surface area contributed by atoms with Gasteiger partial charge < -0.3 is 15.5 Å². The van der Waals surface area contributed by atoms with Gasteiger partial charge in [-0.15, -0.1) is 0 Å². The van der Waals surface area contributed by atoms with Gasteiger partial charge in [-0.2, -0.15) is 0 Å². The van der Waals surface area contributed by atoms with Crippen molar-refractivity contribution in [1.82, 2.24) is 5.32 Å². The van der Waals surface area contributed by atoms with Crippen LogP contribution in [0.2, 0.25) is 0 Å². The first kappa shape index (κ1) is 15.4. The third kappa shape index (κ3) is 4.49. The number of rotatable bonds is 9. The first-order valence-electron chi connectivity index (χ1n) is 6.11. The zero-order valence-electron chi connectivity index (χ0n) is 10.6. The molecular weight excluding hydrogens is 206 g/mol. The maximum absolute atomic E-state index is 11.4. The van der Waals surface area contributed by atoms with Crippen LogP contribution in [0.3, 0.4) is 0 Å². The topological polar surface area (TPSA) is 69.6 Å². The van der Waals surface area contributed by atoms with Crippen molar-refractivity contribution in [1.29, 1.82) is 0 Å². The van der Waals surface area contributed by atoms with Crippen LogP contribution in [0.5, 0.6) is 0 Å². The molecule has 0 aliphatic heterocycles. The normalized spacial score (nSPS) is 16.8. The molecule has 2 unspecified atom stereocenters. The van der Waals surface area contributed by atoms with E-state index >= 15 is 0 Å².